The number of nitrogens with one attached hydrogen (secondary N) is 2. The van der Waals surface area contributed by atoms with Crippen molar-refractivity contribution in [2.24, 2.45) is 5.92 Å². The van der Waals surface area contributed by atoms with E-state index in [-0.39, 0.29) is 5.91 Å². The van der Waals surface area contributed by atoms with Gasteiger partial charge in [0, 0.05) is 50.2 Å². The van der Waals surface area contributed by atoms with E-state index in [4.69, 9.17) is 0 Å². The maximum Gasteiger partial charge on any atom is 0.270 e. The van der Waals surface area contributed by atoms with Gasteiger partial charge in [-0.05, 0) is 44.2 Å². The number of hydrogen-bond acceptors (Lipinski definition) is 6. The Morgan fingerprint density at radius 2 is 1.79 bits per heavy atom. The molecule has 3 rings (SSSR count). The molecule has 1 aromatic carbocycles. The van der Waals surface area contributed by atoms with E-state index in [9.17, 15) is 4.79 Å². The number of carbonyl (C=O) groups excluding carboxylic acids is 1. The Hall–Kier alpha value is -2.67. The monoisotopic (exact) mass is 382 g/mol. The highest BCUT2D eigenvalue weighted by Gasteiger charge is 2.14. The van der Waals surface area contributed by atoms with Crippen molar-refractivity contribution in [2.75, 3.05) is 50.0 Å². The lowest BCUT2D eigenvalue weighted by Gasteiger charge is -2.34. The van der Waals surface area contributed by atoms with E-state index in [1.165, 1.54) is 5.69 Å². The summed E-state index contributed by atoms with van der Waals surface area (Å²) in [6.07, 6.45) is 0. The maximum absolute atomic E-state index is 12.3. The summed E-state index contributed by atoms with van der Waals surface area (Å²) < 4.78 is 0. The lowest BCUT2D eigenvalue weighted by atomic mass is 10.2. The van der Waals surface area contributed by atoms with E-state index < -0.39 is 0 Å². The Morgan fingerprint density at radius 1 is 1.11 bits per heavy atom. The van der Waals surface area contributed by atoms with Gasteiger partial charge in [-0.15, -0.1) is 0 Å². The Labute approximate surface area is 167 Å². The number of benzene rings is 1. The quantitative estimate of drug-likeness (QED) is 0.800. The van der Waals surface area contributed by atoms with Gasteiger partial charge < -0.3 is 20.4 Å². The Bertz CT molecular complexity index is 797. The van der Waals surface area contributed by atoms with Crippen molar-refractivity contribution in [1.82, 2.24) is 20.2 Å². The van der Waals surface area contributed by atoms with Gasteiger partial charge >= 0.3 is 0 Å². The number of carbonyl (C=O) groups is 1. The average Bonchev–Trinajstić information content (AvgIpc) is 2.67. The molecule has 1 aliphatic heterocycles. The first-order valence-electron chi connectivity index (χ1n) is 9.85. The average molecular weight is 383 g/mol. The zero-order valence-corrected chi connectivity index (χ0v) is 17.2. The molecule has 7 heteroatoms. The van der Waals surface area contributed by atoms with Gasteiger partial charge in [-0.3, -0.25) is 4.79 Å². The molecule has 0 bridgehead atoms. The van der Waals surface area contributed by atoms with E-state index >= 15 is 0 Å². The smallest absolute Gasteiger partial charge is 0.270 e. The summed E-state index contributed by atoms with van der Waals surface area (Å²) in [5, 5.41) is 6.18. The molecule has 2 N–H and O–H groups in total. The zero-order valence-electron chi connectivity index (χ0n) is 17.2. The van der Waals surface area contributed by atoms with Crippen LogP contribution < -0.4 is 15.5 Å². The molecule has 1 fully saturated rings. The third-order valence-electron chi connectivity index (χ3n) is 4.75. The van der Waals surface area contributed by atoms with Crippen LogP contribution in [0.2, 0.25) is 0 Å². The van der Waals surface area contributed by atoms with Crippen LogP contribution in [0.1, 0.15) is 30.2 Å². The number of aromatic nitrogens is 2. The van der Waals surface area contributed by atoms with Crippen LogP contribution in [0.25, 0.3) is 0 Å². The summed E-state index contributed by atoms with van der Waals surface area (Å²) in [6.45, 7) is 10.8. The van der Waals surface area contributed by atoms with Crippen molar-refractivity contribution in [2.45, 2.75) is 20.8 Å². The van der Waals surface area contributed by atoms with Crippen LogP contribution in [0.3, 0.4) is 0 Å². The van der Waals surface area contributed by atoms with E-state index in [0.717, 1.165) is 31.9 Å². The molecule has 0 radical (unpaired) electrons. The fourth-order valence-electron chi connectivity index (χ4n) is 3.10. The van der Waals surface area contributed by atoms with Crippen molar-refractivity contribution in [3.63, 3.8) is 0 Å². The van der Waals surface area contributed by atoms with Crippen LogP contribution in [0.5, 0.6) is 0 Å². The summed E-state index contributed by atoms with van der Waals surface area (Å²) in [5.74, 6) is 1.40. The normalized spacial score (nSPS) is 15.0. The minimum atomic E-state index is -0.173. The predicted molar refractivity (Wildman–Crippen MR) is 113 cm³/mol. The SMILES string of the molecule is Cc1nc(Nc2ccc(N3CCN(C)CC3)cc2)cc(C(=O)NCC(C)C)n1. The molecule has 1 saturated heterocycles. The first-order chi connectivity index (χ1) is 13.4. The number of rotatable bonds is 6. The van der Waals surface area contributed by atoms with E-state index in [0.29, 0.717) is 29.8 Å². The predicted octanol–water partition coefficient (Wildman–Crippen LogP) is 2.67. The molecule has 0 aliphatic carbocycles. The van der Waals surface area contributed by atoms with Crippen molar-refractivity contribution < 1.29 is 4.79 Å². The number of hydrogen-bond donors (Lipinski definition) is 2. The molecule has 0 unspecified atom stereocenters. The van der Waals surface area contributed by atoms with Gasteiger partial charge in [0.2, 0.25) is 0 Å². The first kappa shape index (κ1) is 20.1. The van der Waals surface area contributed by atoms with Crippen molar-refractivity contribution >= 4 is 23.1 Å². The zero-order chi connectivity index (χ0) is 20.1. The maximum atomic E-state index is 12.3. The Kier molecular flexibility index (Phi) is 6.46. The molecule has 2 aromatic rings. The van der Waals surface area contributed by atoms with Gasteiger partial charge in [-0.1, -0.05) is 13.8 Å². The van der Waals surface area contributed by atoms with Gasteiger partial charge in [0.1, 0.15) is 17.3 Å². The van der Waals surface area contributed by atoms with Crippen LogP contribution >= 0.6 is 0 Å². The number of nitrogens with zero attached hydrogens (tertiary/aromatic N) is 4. The molecule has 0 saturated carbocycles. The standard InChI is InChI=1S/C21H30N6O/c1-15(2)14-22-21(28)19-13-20(24-16(3)23-19)25-17-5-7-18(8-6-17)27-11-9-26(4)10-12-27/h5-8,13,15H,9-12,14H2,1-4H3,(H,22,28)(H,23,24,25). The summed E-state index contributed by atoms with van der Waals surface area (Å²) in [7, 11) is 2.16. The molecule has 2 heterocycles. The lowest BCUT2D eigenvalue weighted by Crippen LogP contribution is -2.44. The molecule has 28 heavy (non-hydrogen) atoms. The Balaban J connectivity index is 1.67. The van der Waals surface area contributed by atoms with E-state index in [1.54, 1.807) is 13.0 Å². The minimum Gasteiger partial charge on any atom is -0.369 e. The number of aryl methyl sites for hydroxylation is 1. The summed E-state index contributed by atoms with van der Waals surface area (Å²) in [5.41, 5.74) is 2.54. The van der Waals surface area contributed by atoms with Crippen LogP contribution in [0.4, 0.5) is 17.2 Å². The summed E-state index contributed by atoms with van der Waals surface area (Å²) in [4.78, 5) is 25.7. The molecule has 7 nitrogen and oxygen atoms in total. The second-order valence-corrected chi connectivity index (χ2v) is 7.75. The van der Waals surface area contributed by atoms with E-state index in [2.05, 4.69) is 63.4 Å². The summed E-state index contributed by atoms with van der Waals surface area (Å²) in [6, 6.07) is 10.0. The fraction of sp³-hybridized carbons (Fsp3) is 0.476. The highest BCUT2D eigenvalue weighted by atomic mass is 16.1. The second kappa shape index (κ2) is 9.01. The van der Waals surface area contributed by atoms with Crippen LogP contribution in [-0.4, -0.2) is 60.5 Å². The number of anilines is 3. The lowest BCUT2D eigenvalue weighted by molar-refractivity contribution is 0.0943. The van der Waals surface area contributed by atoms with Crippen molar-refractivity contribution in [3.8, 4) is 0 Å². The van der Waals surface area contributed by atoms with Crippen molar-refractivity contribution in [3.05, 3.63) is 41.9 Å². The fourth-order valence-corrected chi connectivity index (χ4v) is 3.10. The largest absolute Gasteiger partial charge is 0.369 e. The van der Waals surface area contributed by atoms with Gasteiger partial charge in [-0.2, -0.15) is 0 Å². The molecule has 0 spiro atoms. The number of likely N-dealkylation sites (N-methyl/N-ethyl adjacent to an activating group) is 1. The first-order valence-corrected chi connectivity index (χ1v) is 9.85. The molecule has 0 atom stereocenters. The van der Waals surface area contributed by atoms with Gasteiger partial charge in [0.15, 0.2) is 0 Å². The highest BCUT2D eigenvalue weighted by molar-refractivity contribution is 5.93. The number of amides is 1. The van der Waals surface area contributed by atoms with Gasteiger partial charge in [0.05, 0.1) is 0 Å². The van der Waals surface area contributed by atoms with Crippen LogP contribution in [-0.2, 0) is 0 Å². The van der Waals surface area contributed by atoms with E-state index in [1.807, 2.05) is 12.1 Å². The van der Waals surface area contributed by atoms with Gasteiger partial charge in [0.25, 0.3) is 5.91 Å². The van der Waals surface area contributed by atoms with Crippen molar-refractivity contribution in [1.29, 1.82) is 0 Å². The molecule has 150 valence electrons. The molecule has 1 aromatic heterocycles. The molecular formula is C21H30N6O. The van der Waals surface area contributed by atoms with Crippen LogP contribution in [0, 0.1) is 12.8 Å². The second-order valence-electron chi connectivity index (χ2n) is 7.75. The molecular weight excluding hydrogens is 352 g/mol. The third kappa shape index (κ3) is 5.42. The number of piperazine rings is 1. The third-order valence-corrected chi connectivity index (χ3v) is 4.75. The molecule has 1 aliphatic rings. The topological polar surface area (TPSA) is 73.4 Å². The summed E-state index contributed by atoms with van der Waals surface area (Å²) >= 11 is 0. The Morgan fingerprint density at radius 3 is 2.43 bits per heavy atom. The highest BCUT2D eigenvalue weighted by Crippen LogP contribution is 2.21. The van der Waals surface area contributed by atoms with Crippen LogP contribution in [0.15, 0.2) is 30.3 Å². The minimum absolute atomic E-state index is 0.173. The molecule has 1 amide bonds. The van der Waals surface area contributed by atoms with Gasteiger partial charge in [-0.25, -0.2) is 9.97 Å².